The van der Waals surface area contributed by atoms with Gasteiger partial charge in [0.05, 0.1) is 13.2 Å². The van der Waals surface area contributed by atoms with E-state index in [1.54, 1.807) is 7.11 Å². The zero-order valence-electron chi connectivity index (χ0n) is 14.9. The molecular formula is C21H27NO3. The Morgan fingerprint density at radius 1 is 1.28 bits per heavy atom. The predicted molar refractivity (Wildman–Crippen MR) is 94.2 cm³/mol. The topological polar surface area (TPSA) is 41.9 Å². The molecule has 3 fully saturated rings. The van der Waals surface area contributed by atoms with Gasteiger partial charge in [-0.05, 0) is 68.5 Å². The van der Waals surface area contributed by atoms with Crippen LogP contribution in [0.4, 0.5) is 0 Å². The lowest BCUT2D eigenvalue weighted by molar-refractivity contribution is -0.105. The molecule has 2 bridgehead atoms. The van der Waals surface area contributed by atoms with Crippen LogP contribution in [0, 0.1) is 11.8 Å². The molecule has 1 aromatic carbocycles. The molecule has 2 aliphatic heterocycles. The molecule has 2 saturated carbocycles. The fraction of sp³-hybridized carbons (Fsp3) is 0.714. The van der Waals surface area contributed by atoms with E-state index < -0.39 is 0 Å². The summed E-state index contributed by atoms with van der Waals surface area (Å²) in [6.45, 7) is 2.43. The average Bonchev–Trinajstić information content (AvgIpc) is 3.36. The van der Waals surface area contributed by atoms with Crippen LogP contribution in [0.3, 0.4) is 0 Å². The first-order valence-electron chi connectivity index (χ1n) is 10.0. The number of aliphatic hydroxyl groups is 1. The molecule has 134 valence electrons. The van der Waals surface area contributed by atoms with Gasteiger partial charge in [0, 0.05) is 23.6 Å². The van der Waals surface area contributed by atoms with Crippen LogP contribution in [-0.2, 0) is 11.8 Å². The number of rotatable bonds is 3. The zero-order chi connectivity index (χ0) is 16.8. The van der Waals surface area contributed by atoms with Gasteiger partial charge in [0.1, 0.15) is 6.10 Å². The van der Waals surface area contributed by atoms with E-state index in [1.807, 2.05) is 0 Å². The van der Waals surface area contributed by atoms with E-state index in [1.165, 1.54) is 30.5 Å². The van der Waals surface area contributed by atoms with Gasteiger partial charge in [-0.2, -0.15) is 0 Å². The molecule has 1 saturated heterocycles. The highest BCUT2D eigenvalue weighted by atomic mass is 16.5. The SMILES string of the molecule is COc1ccc2c3c1OC1[C@@H](O)CC[C@@H]4[C@H](C2)N(CC2CC2)CC[C@@]314. The molecule has 1 unspecified atom stereocenters. The summed E-state index contributed by atoms with van der Waals surface area (Å²) in [5, 5.41) is 10.8. The summed E-state index contributed by atoms with van der Waals surface area (Å²) in [5.74, 6) is 3.33. The molecule has 0 radical (unpaired) electrons. The molecule has 3 aliphatic carbocycles. The fourth-order valence-electron chi connectivity index (χ4n) is 6.61. The second kappa shape index (κ2) is 4.92. The van der Waals surface area contributed by atoms with Gasteiger partial charge in [0.15, 0.2) is 11.5 Å². The van der Waals surface area contributed by atoms with Crippen LogP contribution >= 0.6 is 0 Å². The van der Waals surface area contributed by atoms with Gasteiger partial charge in [0.25, 0.3) is 0 Å². The van der Waals surface area contributed by atoms with E-state index in [0.717, 1.165) is 49.6 Å². The molecule has 1 spiro atoms. The molecule has 1 N–H and O–H groups in total. The molecule has 25 heavy (non-hydrogen) atoms. The number of benzene rings is 1. The maximum absolute atomic E-state index is 10.8. The van der Waals surface area contributed by atoms with Crippen LogP contribution in [0.5, 0.6) is 11.5 Å². The lowest BCUT2D eigenvalue weighted by atomic mass is 9.51. The summed E-state index contributed by atoms with van der Waals surface area (Å²) >= 11 is 0. The average molecular weight is 341 g/mol. The van der Waals surface area contributed by atoms with Crippen LogP contribution in [0.1, 0.15) is 43.2 Å². The van der Waals surface area contributed by atoms with E-state index in [2.05, 4.69) is 17.0 Å². The van der Waals surface area contributed by atoms with E-state index in [4.69, 9.17) is 9.47 Å². The normalized spacial score (nSPS) is 41.2. The zero-order valence-corrected chi connectivity index (χ0v) is 14.9. The summed E-state index contributed by atoms with van der Waals surface area (Å²) in [5.41, 5.74) is 2.84. The van der Waals surface area contributed by atoms with Gasteiger partial charge >= 0.3 is 0 Å². The Hall–Kier alpha value is -1.26. The van der Waals surface area contributed by atoms with Crippen LogP contribution in [0.2, 0.25) is 0 Å². The van der Waals surface area contributed by atoms with Gasteiger partial charge in [-0.1, -0.05) is 6.07 Å². The fourth-order valence-corrected chi connectivity index (χ4v) is 6.61. The number of methoxy groups -OCH3 is 1. The van der Waals surface area contributed by atoms with Crippen molar-refractivity contribution in [3.8, 4) is 11.5 Å². The van der Waals surface area contributed by atoms with Crippen LogP contribution < -0.4 is 9.47 Å². The van der Waals surface area contributed by atoms with Crippen molar-refractivity contribution >= 4 is 0 Å². The Kier molecular flexibility index (Phi) is 2.92. The first-order valence-corrected chi connectivity index (χ1v) is 10.0. The maximum Gasteiger partial charge on any atom is 0.165 e. The Morgan fingerprint density at radius 3 is 2.96 bits per heavy atom. The number of aliphatic hydroxyl groups excluding tert-OH is 1. The van der Waals surface area contributed by atoms with E-state index in [-0.39, 0.29) is 17.6 Å². The number of hydrogen-bond acceptors (Lipinski definition) is 4. The Labute approximate surface area is 149 Å². The summed E-state index contributed by atoms with van der Waals surface area (Å²) in [6, 6.07) is 4.95. The molecule has 0 amide bonds. The van der Waals surface area contributed by atoms with Gasteiger partial charge < -0.3 is 14.6 Å². The van der Waals surface area contributed by atoms with Crippen molar-refractivity contribution in [1.82, 2.24) is 4.90 Å². The standard InChI is InChI=1S/C21H27NO3/c1-24-17-7-4-13-10-15-14-5-6-16(23)20-21(14,18(13)19(17)25-20)8-9-22(15)11-12-2-3-12/h4,7,12,14-16,20,23H,2-3,5-6,8-11H2,1H3/t14-,15+,16+,20?,21-/m1/s1. The van der Waals surface area contributed by atoms with E-state index in [9.17, 15) is 5.11 Å². The van der Waals surface area contributed by atoms with Crippen molar-refractivity contribution in [3.63, 3.8) is 0 Å². The molecule has 5 aliphatic rings. The molecule has 5 atom stereocenters. The lowest BCUT2D eigenvalue weighted by Crippen LogP contribution is -2.67. The third kappa shape index (κ3) is 1.80. The van der Waals surface area contributed by atoms with Crippen LogP contribution in [0.25, 0.3) is 0 Å². The minimum Gasteiger partial charge on any atom is -0.493 e. The minimum absolute atomic E-state index is 0.0137. The summed E-state index contributed by atoms with van der Waals surface area (Å²) < 4.78 is 12.1. The van der Waals surface area contributed by atoms with Crippen molar-refractivity contribution in [2.24, 2.45) is 11.8 Å². The summed E-state index contributed by atoms with van der Waals surface area (Å²) in [7, 11) is 1.72. The van der Waals surface area contributed by atoms with Crippen molar-refractivity contribution < 1.29 is 14.6 Å². The third-order valence-electron chi connectivity index (χ3n) is 7.80. The van der Waals surface area contributed by atoms with Gasteiger partial charge in [0.2, 0.25) is 0 Å². The largest absolute Gasteiger partial charge is 0.493 e. The van der Waals surface area contributed by atoms with Gasteiger partial charge in [-0.25, -0.2) is 0 Å². The number of hydrogen-bond donors (Lipinski definition) is 1. The highest BCUT2D eigenvalue weighted by Gasteiger charge is 2.65. The van der Waals surface area contributed by atoms with E-state index >= 15 is 0 Å². The predicted octanol–water partition coefficient (Wildman–Crippen LogP) is 2.51. The molecule has 0 aromatic heterocycles. The Bertz CT molecular complexity index is 730. The van der Waals surface area contributed by atoms with Gasteiger partial charge in [-0.3, -0.25) is 4.90 Å². The van der Waals surface area contributed by atoms with E-state index in [0.29, 0.717) is 12.0 Å². The number of nitrogens with zero attached hydrogens (tertiary/aromatic N) is 1. The molecular weight excluding hydrogens is 314 g/mol. The smallest absolute Gasteiger partial charge is 0.165 e. The minimum atomic E-state index is -0.352. The Balaban J connectivity index is 1.52. The van der Waals surface area contributed by atoms with Crippen LogP contribution in [0.15, 0.2) is 12.1 Å². The van der Waals surface area contributed by atoms with Crippen molar-refractivity contribution in [2.75, 3.05) is 20.2 Å². The lowest BCUT2D eigenvalue weighted by Gasteiger charge is -2.59. The quantitative estimate of drug-likeness (QED) is 0.917. The number of piperidine rings is 1. The molecule has 4 nitrogen and oxygen atoms in total. The monoisotopic (exact) mass is 341 g/mol. The third-order valence-corrected chi connectivity index (χ3v) is 7.80. The molecule has 4 heteroatoms. The molecule has 1 aromatic rings. The number of likely N-dealkylation sites (tertiary alicyclic amines) is 1. The number of ether oxygens (including phenoxy) is 2. The van der Waals surface area contributed by atoms with Crippen molar-refractivity contribution in [2.45, 2.75) is 62.2 Å². The first kappa shape index (κ1) is 14.9. The molecule has 6 rings (SSSR count). The van der Waals surface area contributed by atoms with Crippen molar-refractivity contribution in [3.05, 3.63) is 23.3 Å². The Morgan fingerprint density at radius 2 is 2.16 bits per heavy atom. The maximum atomic E-state index is 10.8. The second-order valence-electron chi connectivity index (χ2n) is 8.92. The van der Waals surface area contributed by atoms with Gasteiger partial charge in [-0.15, -0.1) is 0 Å². The summed E-state index contributed by atoms with van der Waals surface area (Å²) in [6.07, 6.45) is 6.66. The van der Waals surface area contributed by atoms with Crippen LogP contribution in [-0.4, -0.2) is 48.5 Å². The summed E-state index contributed by atoms with van der Waals surface area (Å²) in [4.78, 5) is 2.79. The molecule has 2 heterocycles. The highest BCUT2D eigenvalue weighted by Crippen LogP contribution is 2.64. The van der Waals surface area contributed by atoms with Crippen molar-refractivity contribution in [1.29, 1.82) is 0 Å². The second-order valence-corrected chi connectivity index (χ2v) is 8.92. The first-order chi connectivity index (χ1) is 12.2. The highest BCUT2D eigenvalue weighted by molar-refractivity contribution is 5.61.